The van der Waals surface area contributed by atoms with Crippen molar-refractivity contribution in [2.75, 3.05) is 31.9 Å². The molecule has 11 nitrogen and oxygen atoms in total. The zero-order chi connectivity index (χ0) is 28.0. The van der Waals surface area contributed by atoms with E-state index in [1.165, 1.54) is 0 Å². The minimum atomic E-state index is -0.528. The smallest absolute Gasteiger partial charge is 0.410 e. The number of oxazole rings is 1. The number of aryl methyl sites for hydroxylation is 1. The number of pyridine rings is 1. The normalized spacial score (nSPS) is 17.5. The Morgan fingerprint density at radius 2 is 1.88 bits per heavy atom. The number of anilines is 1. The van der Waals surface area contributed by atoms with E-state index in [0.29, 0.717) is 46.3 Å². The van der Waals surface area contributed by atoms with Gasteiger partial charge in [-0.2, -0.15) is 0 Å². The SMILES string of the molecule is COCOc1cc2nc(C)oc2cc1-c1cnc2cnc(N3CC[C@@H](N(C(=O)OC(C)(C)C)C4CC4)C3)nc2c1. The van der Waals surface area contributed by atoms with Gasteiger partial charge in [0.1, 0.15) is 22.4 Å². The molecule has 0 N–H and O–H groups in total. The molecule has 1 aromatic carbocycles. The van der Waals surface area contributed by atoms with Gasteiger partial charge < -0.3 is 28.4 Å². The van der Waals surface area contributed by atoms with Crippen molar-refractivity contribution in [2.24, 2.45) is 0 Å². The minimum Gasteiger partial charge on any atom is -0.467 e. The lowest BCUT2D eigenvalue weighted by Crippen LogP contribution is -2.46. The van der Waals surface area contributed by atoms with Gasteiger partial charge in [0, 0.05) is 56.6 Å². The highest BCUT2D eigenvalue weighted by molar-refractivity contribution is 5.88. The van der Waals surface area contributed by atoms with Crippen molar-refractivity contribution >= 4 is 34.2 Å². The Kier molecular flexibility index (Phi) is 6.69. The van der Waals surface area contributed by atoms with E-state index in [0.717, 1.165) is 36.9 Å². The van der Waals surface area contributed by atoms with Crippen LogP contribution in [-0.4, -0.2) is 75.6 Å². The van der Waals surface area contributed by atoms with E-state index in [4.69, 9.17) is 23.6 Å². The maximum Gasteiger partial charge on any atom is 0.410 e. The molecule has 210 valence electrons. The van der Waals surface area contributed by atoms with Crippen molar-refractivity contribution in [3.8, 4) is 16.9 Å². The van der Waals surface area contributed by atoms with Crippen molar-refractivity contribution in [1.29, 1.82) is 0 Å². The van der Waals surface area contributed by atoms with Crippen LogP contribution in [0.3, 0.4) is 0 Å². The van der Waals surface area contributed by atoms with Crippen LogP contribution < -0.4 is 9.64 Å². The zero-order valence-corrected chi connectivity index (χ0v) is 23.5. The number of aromatic nitrogens is 4. The first-order valence-electron chi connectivity index (χ1n) is 13.6. The van der Waals surface area contributed by atoms with Gasteiger partial charge >= 0.3 is 6.09 Å². The number of methoxy groups -OCH3 is 1. The third-order valence-electron chi connectivity index (χ3n) is 7.04. The Morgan fingerprint density at radius 1 is 1.05 bits per heavy atom. The summed E-state index contributed by atoms with van der Waals surface area (Å²) in [6.07, 6.45) is 6.16. The second-order valence-corrected chi connectivity index (χ2v) is 11.4. The number of nitrogens with zero attached hydrogens (tertiary/aromatic N) is 6. The molecule has 0 spiro atoms. The second kappa shape index (κ2) is 10.2. The number of hydrogen-bond acceptors (Lipinski definition) is 10. The molecule has 2 fully saturated rings. The molecule has 0 bridgehead atoms. The number of fused-ring (bicyclic) bond motifs is 2. The van der Waals surface area contributed by atoms with Gasteiger partial charge in [0.05, 0.1) is 17.8 Å². The van der Waals surface area contributed by atoms with Gasteiger partial charge in [-0.05, 0) is 52.2 Å². The summed E-state index contributed by atoms with van der Waals surface area (Å²) in [6.45, 7) is 9.03. The first-order valence-corrected chi connectivity index (χ1v) is 13.6. The van der Waals surface area contributed by atoms with Crippen LogP contribution in [0.1, 0.15) is 45.9 Å². The van der Waals surface area contributed by atoms with Gasteiger partial charge in [0.15, 0.2) is 18.3 Å². The van der Waals surface area contributed by atoms with Crippen molar-refractivity contribution in [3.63, 3.8) is 0 Å². The van der Waals surface area contributed by atoms with Crippen LogP contribution in [0.5, 0.6) is 5.75 Å². The van der Waals surface area contributed by atoms with Crippen LogP contribution in [0.25, 0.3) is 33.3 Å². The molecule has 0 unspecified atom stereocenters. The predicted molar refractivity (Wildman–Crippen MR) is 149 cm³/mol. The molecule has 4 heterocycles. The van der Waals surface area contributed by atoms with Gasteiger partial charge in [-0.3, -0.25) is 4.98 Å². The van der Waals surface area contributed by atoms with Gasteiger partial charge in [-0.1, -0.05) is 0 Å². The molecule has 1 aliphatic carbocycles. The van der Waals surface area contributed by atoms with Gasteiger partial charge in [-0.15, -0.1) is 0 Å². The van der Waals surface area contributed by atoms with E-state index >= 15 is 0 Å². The van der Waals surface area contributed by atoms with E-state index < -0.39 is 5.60 Å². The summed E-state index contributed by atoms with van der Waals surface area (Å²) in [5.74, 6) is 1.81. The molecule has 1 saturated carbocycles. The van der Waals surface area contributed by atoms with E-state index in [1.807, 2.05) is 50.8 Å². The molecule has 1 atom stereocenters. The fraction of sp³-hybridized carbons (Fsp3) is 0.483. The lowest BCUT2D eigenvalue weighted by molar-refractivity contribution is 0.0158. The monoisotopic (exact) mass is 546 g/mol. The zero-order valence-electron chi connectivity index (χ0n) is 23.5. The molecule has 6 rings (SSSR count). The topological polar surface area (TPSA) is 116 Å². The quantitative estimate of drug-likeness (QED) is 0.290. The van der Waals surface area contributed by atoms with Gasteiger partial charge in [0.2, 0.25) is 5.95 Å². The van der Waals surface area contributed by atoms with Crippen molar-refractivity contribution in [3.05, 3.63) is 36.5 Å². The summed E-state index contributed by atoms with van der Waals surface area (Å²) in [4.78, 5) is 35.6. The summed E-state index contributed by atoms with van der Waals surface area (Å²) < 4.78 is 22.5. The predicted octanol–water partition coefficient (Wildman–Crippen LogP) is 5.10. The van der Waals surface area contributed by atoms with Gasteiger partial charge in [-0.25, -0.2) is 19.7 Å². The number of rotatable bonds is 7. The standard InChI is InChI=1S/C29H34N6O5/c1-17-32-23-12-25(38-16-37-5)21(11-26(23)39-17)18-10-22-24(30-13-18)14-31-27(33-22)34-9-8-20(15-34)35(19-6-7-19)28(36)40-29(2,3)4/h10-14,19-20H,6-9,15-16H2,1-5H3/t20-/m1/s1. The summed E-state index contributed by atoms with van der Waals surface area (Å²) in [6, 6.07) is 6.03. The number of carbonyl (C=O) groups is 1. The summed E-state index contributed by atoms with van der Waals surface area (Å²) in [5, 5.41) is 0. The number of carbonyl (C=O) groups excluding carboxylic acids is 1. The second-order valence-electron chi connectivity index (χ2n) is 11.4. The van der Waals surface area contributed by atoms with Crippen LogP contribution in [0.4, 0.5) is 10.7 Å². The molecule has 0 radical (unpaired) electrons. The molecule has 1 saturated heterocycles. The van der Waals surface area contributed by atoms with Crippen molar-refractivity contribution < 1.29 is 23.4 Å². The fourth-order valence-electron chi connectivity index (χ4n) is 5.16. The molecule has 40 heavy (non-hydrogen) atoms. The fourth-order valence-corrected chi connectivity index (χ4v) is 5.16. The summed E-state index contributed by atoms with van der Waals surface area (Å²) in [5.41, 5.74) is 3.86. The first kappa shape index (κ1) is 26.2. The molecule has 4 aromatic rings. The Hall–Kier alpha value is -3.99. The molecule has 3 aromatic heterocycles. The highest BCUT2D eigenvalue weighted by atomic mass is 16.7. The molecule has 11 heteroatoms. The maximum absolute atomic E-state index is 13.0. The van der Waals surface area contributed by atoms with Crippen molar-refractivity contribution in [1.82, 2.24) is 24.8 Å². The molecule has 1 amide bonds. The van der Waals surface area contributed by atoms with E-state index in [-0.39, 0.29) is 25.0 Å². The summed E-state index contributed by atoms with van der Waals surface area (Å²) in [7, 11) is 1.58. The number of hydrogen-bond donors (Lipinski definition) is 0. The maximum atomic E-state index is 13.0. The number of amides is 1. The molecule has 1 aliphatic heterocycles. The first-order chi connectivity index (χ1) is 19.2. The number of ether oxygens (including phenoxy) is 3. The van der Waals surface area contributed by atoms with Crippen LogP contribution in [0, 0.1) is 6.92 Å². The highest BCUT2D eigenvalue weighted by Crippen LogP contribution is 2.36. The third-order valence-corrected chi connectivity index (χ3v) is 7.04. The van der Waals surface area contributed by atoms with E-state index in [2.05, 4.69) is 19.9 Å². The summed E-state index contributed by atoms with van der Waals surface area (Å²) >= 11 is 0. The van der Waals surface area contributed by atoms with E-state index in [9.17, 15) is 4.79 Å². The Bertz CT molecular complexity index is 1560. The molecular formula is C29H34N6O5. The largest absolute Gasteiger partial charge is 0.467 e. The highest BCUT2D eigenvalue weighted by Gasteiger charge is 2.42. The number of benzene rings is 1. The average molecular weight is 547 g/mol. The minimum absolute atomic E-state index is 0.0590. The Balaban J connectivity index is 1.28. The van der Waals surface area contributed by atoms with Crippen LogP contribution in [-0.2, 0) is 9.47 Å². The average Bonchev–Trinajstić information content (AvgIpc) is 3.48. The third kappa shape index (κ3) is 5.38. The van der Waals surface area contributed by atoms with Gasteiger partial charge in [0.25, 0.3) is 0 Å². The molecular weight excluding hydrogens is 512 g/mol. The molecule has 2 aliphatic rings. The van der Waals surface area contributed by atoms with Crippen LogP contribution >= 0.6 is 0 Å². The van der Waals surface area contributed by atoms with Crippen LogP contribution in [0.2, 0.25) is 0 Å². The van der Waals surface area contributed by atoms with Crippen molar-refractivity contribution in [2.45, 2.75) is 64.6 Å². The lowest BCUT2D eigenvalue weighted by atomic mass is 10.1. The lowest BCUT2D eigenvalue weighted by Gasteiger charge is -2.31. The van der Waals surface area contributed by atoms with Crippen LogP contribution in [0.15, 0.2) is 35.0 Å². The Labute approximate surface area is 232 Å². The Morgan fingerprint density at radius 3 is 2.62 bits per heavy atom. The van der Waals surface area contributed by atoms with E-state index in [1.54, 1.807) is 19.5 Å².